The molecule has 3 aromatic heterocycles. The van der Waals surface area contributed by atoms with Gasteiger partial charge in [0.25, 0.3) is 5.56 Å². The Kier molecular flexibility index (Phi) is 3.73. The predicted molar refractivity (Wildman–Crippen MR) is 86.9 cm³/mol. The van der Waals surface area contributed by atoms with E-state index in [1.807, 2.05) is 17.5 Å². The quantitative estimate of drug-likeness (QED) is 0.789. The average molecular weight is 333 g/mol. The highest BCUT2D eigenvalue weighted by atomic mass is 32.1. The molecule has 0 bridgehead atoms. The van der Waals surface area contributed by atoms with E-state index in [9.17, 15) is 4.79 Å². The standard InChI is InChI=1S/C14H15N5OS2/c20-13-11(8-10-2-1-7-21-10)16-17-14-19(13)18-12(22-14)9-3-5-15-6-4-9/h1-2,7,9,15H,3-6,8H2. The Morgan fingerprint density at radius 3 is 2.95 bits per heavy atom. The molecule has 1 fully saturated rings. The van der Waals surface area contributed by atoms with E-state index in [-0.39, 0.29) is 5.56 Å². The van der Waals surface area contributed by atoms with E-state index in [1.54, 1.807) is 11.3 Å². The first-order chi connectivity index (χ1) is 10.8. The fraction of sp³-hybridized carbons (Fsp3) is 0.429. The molecule has 0 amide bonds. The van der Waals surface area contributed by atoms with E-state index in [0.717, 1.165) is 35.8 Å². The van der Waals surface area contributed by atoms with Crippen LogP contribution in [0.15, 0.2) is 22.3 Å². The molecule has 0 spiro atoms. The summed E-state index contributed by atoms with van der Waals surface area (Å²) in [7, 11) is 0. The molecule has 114 valence electrons. The molecule has 4 rings (SSSR count). The van der Waals surface area contributed by atoms with Crippen LogP contribution in [0, 0.1) is 0 Å². The Balaban J connectivity index is 1.70. The maximum absolute atomic E-state index is 12.5. The first-order valence-corrected chi connectivity index (χ1v) is 8.99. The zero-order valence-electron chi connectivity index (χ0n) is 11.9. The van der Waals surface area contributed by atoms with Crippen molar-refractivity contribution in [3.8, 4) is 0 Å². The van der Waals surface area contributed by atoms with Crippen molar-refractivity contribution < 1.29 is 0 Å². The lowest BCUT2D eigenvalue weighted by Gasteiger charge is -2.19. The van der Waals surface area contributed by atoms with Crippen molar-refractivity contribution >= 4 is 27.6 Å². The van der Waals surface area contributed by atoms with Gasteiger partial charge in [-0.3, -0.25) is 4.79 Å². The highest BCUT2D eigenvalue weighted by Gasteiger charge is 2.21. The number of fused-ring (bicyclic) bond motifs is 1. The molecule has 0 aliphatic carbocycles. The zero-order chi connectivity index (χ0) is 14.9. The highest BCUT2D eigenvalue weighted by Crippen LogP contribution is 2.28. The summed E-state index contributed by atoms with van der Waals surface area (Å²) in [6.45, 7) is 2.01. The minimum Gasteiger partial charge on any atom is -0.317 e. The largest absolute Gasteiger partial charge is 0.317 e. The lowest BCUT2D eigenvalue weighted by atomic mass is 9.99. The summed E-state index contributed by atoms with van der Waals surface area (Å²) in [6, 6.07) is 3.98. The van der Waals surface area contributed by atoms with Gasteiger partial charge in [0.15, 0.2) is 0 Å². The van der Waals surface area contributed by atoms with Gasteiger partial charge in [0.1, 0.15) is 10.7 Å². The van der Waals surface area contributed by atoms with Gasteiger partial charge >= 0.3 is 0 Å². The number of thiophene rings is 1. The molecule has 22 heavy (non-hydrogen) atoms. The van der Waals surface area contributed by atoms with Crippen LogP contribution in [-0.4, -0.2) is 32.9 Å². The highest BCUT2D eigenvalue weighted by molar-refractivity contribution is 7.16. The van der Waals surface area contributed by atoms with Crippen molar-refractivity contribution in [3.63, 3.8) is 0 Å². The van der Waals surface area contributed by atoms with Crippen LogP contribution in [-0.2, 0) is 6.42 Å². The van der Waals surface area contributed by atoms with E-state index in [1.165, 1.54) is 15.9 Å². The monoisotopic (exact) mass is 333 g/mol. The van der Waals surface area contributed by atoms with Gasteiger partial charge in [-0.05, 0) is 37.4 Å². The normalized spacial score (nSPS) is 16.4. The molecule has 0 atom stereocenters. The summed E-state index contributed by atoms with van der Waals surface area (Å²) < 4.78 is 1.43. The maximum Gasteiger partial charge on any atom is 0.297 e. The lowest BCUT2D eigenvalue weighted by molar-refractivity contribution is 0.456. The van der Waals surface area contributed by atoms with Crippen LogP contribution in [0.2, 0.25) is 0 Å². The van der Waals surface area contributed by atoms with Gasteiger partial charge in [0, 0.05) is 17.2 Å². The predicted octanol–water partition coefficient (Wildman–Crippen LogP) is 1.67. The molecule has 0 aromatic carbocycles. The van der Waals surface area contributed by atoms with Crippen LogP contribution in [0.1, 0.15) is 34.3 Å². The molecule has 0 saturated carbocycles. The minimum atomic E-state index is -0.144. The number of hydrogen-bond donors (Lipinski definition) is 1. The van der Waals surface area contributed by atoms with Gasteiger partial charge in [-0.25, -0.2) is 0 Å². The maximum atomic E-state index is 12.5. The lowest BCUT2D eigenvalue weighted by Crippen LogP contribution is -2.27. The summed E-state index contributed by atoms with van der Waals surface area (Å²) in [5.41, 5.74) is 0.317. The second kappa shape index (κ2) is 5.86. The van der Waals surface area contributed by atoms with E-state index in [4.69, 9.17) is 0 Å². The molecule has 1 aliphatic heterocycles. The van der Waals surface area contributed by atoms with Crippen molar-refractivity contribution in [2.75, 3.05) is 13.1 Å². The molecule has 1 aliphatic rings. The fourth-order valence-corrected chi connectivity index (χ4v) is 4.40. The van der Waals surface area contributed by atoms with E-state index in [0.29, 0.717) is 23.0 Å². The Labute approximate surface area is 134 Å². The third-order valence-electron chi connectivity index (χ3n) is 3.88. The molecule has 3 aromatic rings. The second-order valence-corrected chi connectivity index (χ2v) is 7.39. The molecule has 4 heterocycles. The Hall–Kier alpha value is -1.64. The molecule has 1 N–H and O–H groups in total. The van der Waals surface area contributed by atoms with Crippen LogP contribution < -0.4 is 10.9 Å². The molecule has 8 heteroatoms. The van der Waals surface area contributed by atoms with Crippen LogP contribution in [0.4, 0.5) is 0 Å². The van der Waals surface area contributed by atoms with Crippen molar-refractivity contribution in [2.45, 2.75) is 25.2 Å². The molecule has 0 unspecified atom stereocenters. The van der Waals surface area contributed by atoms with Crippen molar-refractivity contribution in [1.82, 2.24) is 25.1 Å². The van der Waals surface area contributed by atoms with Gasteiger partial charge in [-0.1, -0.05) is 17.4 Å². The number of rotatable bonds is 3. The van der Waals surface area contributed by atoms with Crippen LogP contribution >= 0.6 is 22.7 Å². The van der Waals surface area contributed by atoms with Crippen LogP contribution in [0.3, 0.4) is 0 Å². The van der Waals surface area contributed by atoms with Gasteiger partial charge in [-0.15, -0.1) is 21.5 Å². The number of nitrogens with one attached hydrogen (secondary N) is 1. The topological polar surface area (TPSA) is 72.2 Å². The van der Waals surface area contributed by atoms with E-state index < -0.39 is 0 Å². The second-order valence-electron chi connectivity index (χ2n) is 5.37. The van der Waals surface area contributed by atoms with Crippen molar-refractivity contribution in [3.05, 3.63) is 43.4 Å². The Bertz CT molecular complexity index is 833. The number of nitrogens with zero attached hydrogens (tertiary/aromatic N) is 4. The fourth-order valence-electron chi connectivity index (χ4n) is 2.68. The molecule has 0 radical (unpaired) electrons. The number of aromatic nitrogens is 4. The van der Waals surface area contributed by atoms with Crippen LogP contribution in [0.25, 0.3) is 4.96 Å². The van der Waals surface area contributed by atoms with Gasteiger partial charge in [0.05, 0.1) is 0 Å². The average Bonchev–Trinajstić information content (AvgIpc) is 3.21. The zero-order valence-corrected chi connectivity index (χ0v) is 13.5. The Morgan fingerprint density at radius 1 is 1.32 bits per heavy atom. The first-order valence-electron chi connectivity index (χ1n) is 7.29. The molecule has 1 saturated heterocycles. The smallest absolute Gasteiger partial charge is 0.297 e. The van der Waals surface area contributed by atoms with Gasteiger partial charge in [-0.2, -0.15) is 9.61 Å². The minimum absolute atomic E-state index is 0.144. The number of hydrogen-bond acceptors (Lipinski definition) is 7. The first kappa shape index (κ1) is 14.0. The summed E-state index contributed by atoms with van der Waals surface area (Å²) in [5, 5.41) is 19.2. The number of piperidine rings is 1. The molecule has 6 nitrogen and oxygen atoms in total. The third-order valence-corrected chi connectivity index (χ3v) is 5.82. The summed E-state index contributed by atoms with van der Waals surface area (Å²) in [6.07, 6.45) is 2.64. The molecular formula is C14H15N5OS2. The van der Waals surface area contributed by atoms with Crippen molar-refractivity contribution in [1.29, 1.82) is 0 Å². The van der Waals surface area contributed by atoms with Crippen molar-refractivity contribution in [2.24, 2.45) is 0 Å². The Morgan fingerprint density at radius 2 is 2.18 bits per heavy atom. The molecular weight excluding hydrogens is 318 g/mol. The third kappa shape index (κ3) is 2.57. The van der Waals surface area contributed by atoms with Gasteiger partial charge in [0.2, 0.25) is 4.96 Å². The van der Waals surface area contributed by atoms with Crippen LogP contribution in [0.5, 0.6) is 0 Å². The van der Waals surface area contributed by atoms with Gasteiger partial charge < -0.3 is 5.32 Å². The SMILES string of the molecule is O=c1c(Cc2cccs2)nnc2sc(C3CCNCC3)nn12. The summed E-state index contributed by atoms with van der Waals surface area (Å²) in [5.74, 6) is 0.424. The summed E-state index contributed by atoms with van der Waals surface area (Å²) >= 11 is 3.11. The van der Waals surface area contributed by atoms with E-state index >= 15 is 0 Å². The van der Waals surface area contributed by atoms with E-state index in [2.05, 4.69) is 20.6 Å². The summed E-state index contributed by atoms with van der Waals surface area (Å²) in [4.78, 5) is 14.3.